The number of piperidine rings is 1. The second kappa shape index (κ2) is 5.40. The van der Waals surface area contributed by atoms with Crippen molar-refractivity contribution in [1.29, 1.82) is 0 Å². The van der Waals surface area contributed by atoms with Crippen LogP contribution in [-0.2, 0) is 0 Å². The van der Waals surface area contributed by atoms with Gasteiger partial charge in [0, 0.05) is 17.7 Å². The van der Waals surface area contributed by atoms with Crippen LogP contribution in [0, 0.1) is 6.92 Å². The highest BCUT2D eigenvalue weighted by Gasteiger charge is 2.16. The van der Waals surface area contributed by atoms with Gasteiger partial charge >= 0.3 is 0 Å². The van der Waals surface area contributed by atoms with Crippen LogP contribution in [-0.4, -0.2) is 23.2 Å². The normalized spacial score (nSPS) is 16.5. The highest BCUT2D eigenvalue weighted by Crippen LogP contribution is 2.25. The number of aryl methyl sites for hydroxylation is 1. The van der Waals surface area contributed by atoms with E-state index >= 15 is 0 Å². The lowest BCUT2D eigenvalue weighted by Gasteiger charge is -2.22. The fourth-order valence-corrected chi connectivity index (χ4v) is 2.42. The Morgan fingerprint density at radius 1 is 1.26 bits per heavy atom. The molecule has 0 aliphatic carbocycles. The van der Waals surface area contributed by atoms with E-state index in [9.17, 15) is 0 Å². The van der Waals surface area contributed by atoms with Crippen molar-refractivity contribution in [3.63, 3.8) is 0 Å². The first-order chi connectivity index (χ1) is 9.31. The van der Waals surface area contributed by atoms with E-state index in [1.54, 1.807) is 0 Å². The molecule has 0 radical (unpaired) electrons. The highest BCUT2D eigenvalue weighted by atomic mass is 16.5. The van der Waals surface area contributed by atoms with E-state index in [2.05, 4.69) is 26.8 Å². The number of anilines is 2. The van der Waals surface area contributed by atoms with E-state index in [-0.39, 0.29) is 0 Å². The van der Waals surface area contributed by atoms with Crippen LogP contribution in [0.5, 0.6) is 0 Å². The second-order valence-corrected chi connectivity index (χ2v) is 4.92. The fourth-order valence-electron chi connectivity index (χ4n) is 2.42. The summed E-state index contributed by atoms with van der Waals surface area (Å²) in [5.41, 5.74) is 1.16. The number of rotatable bonds is 3. The molecule has 5 heteroatoms. The van der Waals surface area contributed by atoms with Gasteiger partial charge in [0.05, 0.1) is 0 Å². The number of pyridine rings is 1. The quantitative estimate of drug-likeness (QED) is 0.886. The van der Waals surface area contributed by atoms with Gasteiger partial charge in [-0.25, -0.2) is 4.98 Å². The third-order valence-electron chi connectivity index (χ3n) is 3.41. The van der Waals surface area contributed by atoms with E-state index < -0.39 is 0 Å². The Morgan fingerprint density at radius 3 is 2.84 bits per heavy atom. The molecule has 1 aliphatic heterocycles. The van der Waals surface area contributed by atoms with Crippen molar-refractivity contribution < 1.29 is 4.52 Å². The Balaban J connectivity index is 1.75. The third kappa shape index (κ3) is 2.93. The van der Waals surface area contributed by atoms with Crippen LogP contribution in [0.15, 0.2) is 28.8 Å². The molecule has 19 heavy (non-hydrogen) atoms. The molecule has 0 unspecified atom stereocenters. The molecule has 2 aromatic heterocycles. The summed E-state index contributed by atoms with van der Waals surface area (Å²) in [6, 6.07) is 7.96. The zero-order valence-corrected chi connectivity index (χ0v) is 11.0. The lowest BCUT2D eigenvalue weighted by molar-refractivity contribution is 0.400. The molecule has 2 N–H and O–H groups in total. The summed E-state index contributed by atoms with van der Waals surface area (Å²) in [4.78, 5) is 4.68. The van der Waals surface area contributed by atoms with Gasteiger partial charge < -0.3 is 15.2 Å². The van der Waals surface area contributed by atoms with Crippen molar-refractivity contribution >= 4 is 11.6 Å². The van der Waals surface area contributed by atoms with Crippen molar-refractivity contribution in [2.45, 2.75) is 25.7 Å². The molecule has 0 atom stereocenters. The number of hydrogen-bond donors (Lipinski definition) is 2. The molecular weight excluding hydrogens is 240 g/mol. The zero-order chi connectivity index (χ0) is 13.1. The zero-order valence-electron chi connectivity index (χ0n) is 11.0. The minimum Gasteiger partial charge on any atom is -0.360 e. The number of nitrogens with one attached hydrogen (secondary N) is 2. The summed E-state index contributed by atoms with van der Waals surface area (Å²) in [7, 11) is 0. The van der Waals surface area contributed by atoms with Gasteiger partial charge in [0.15, 0.2) is 5.82 Å². The predicted octanol–water partition coefficient (Wildman–Crippen LogP) is 2.59. The van der Waals surface area contributed by atoms with Gasteiger partial charge in [0.2, 0.25) is 0 Å². The summed E-state index contributed by atoms with van der Waals surface area (Å²) in [5.74, 6) is 2.87. The van der Waals surface area contributed by atoms with Crippen LogP contribution in [0.2, 0.25) is 0 Å². The maximum Gasteiger partial charge on any atom is 0.175 e. The van der Waals surface area contributed by atoms with Crippen molar-refractivity contribution in [1.82, 2.24) is 15.5 Å². The van der Waals surface area contributed by atoms with Crippen LogP contribution < -0.4 is 10.6 Å². The molecule has 1 aliphatic rings. The molecule has 0 saturated carbocycles. The Bertz CT molecular complexity index is 546. The fraction of sp³-hybridized carbons (Fsp3) is 0.429. The van der Waals surface area contributed by atoms with E-state index in [0.29, 0.717) is 11.7 Å². The minimum absolute atomic E-state index is 0.557. The number of aromatic nitrogens is 2. The van der Waals surface area contributed by atoms with Gasteiger partial charge in [-0.3, -0.25) is 0 Å². The van der Waals surface area contributed by atoms with Crippen molar-refractivity contribution in [2.75, 3.05) is 18.4 Å². The maximum absolute atomic E-state index is 5.03. The lowest BCUT2D eigenvalue weighted by Crippen LogP contribution is -2.27. The van der Waals surface area contributed by atoms with E-state index in [1.165, 1.54) is 0 Å². The van der Waals surface area contributed by atoms with Gasteiger partial charge in [0.25, 0.3) is 0 Å². The Morgan fingerprint density at radius 2 is 2.11 bits per heavy atom. The largest absolute Gasteiger partial charge is 0.360 e. The number of hydrogen-bond acceptors (Lipinski definition) is 5. The molecule has 3 heterocycles. The molecule has 100 valence electrons. The molecule has 0 spiro atoms. The third-order valence-corrected chi connectivity index (χ3v) is 3.41. The Kier molecular flexibility index (Phi) is 3.46. The molecule has 0 amide bonds. The molecule has 5 nitrogen and oxygen atoms in total. The van der Waals surface area contributed by atoms with E-state index in [1.807, 2.05) is 25.1 Å². The van der Waals surface area contributed by atoms with Crippen molar-refractivity contribution in [3.8, 4) is 0 Å². The molecule has 3 rings (SSSR count). The van der Waals surface area contributed by atoms with Crippen LogP contribution in [0.4, 0.5) is 11.6 Å². The minimum atomic E-state index is 0.557. The van der Waals surface area contributed by atoms with Gasteiger partial charge in [-0.15, -0.1) is 0 Å². The molecular formula is C14H18N4O. The van der Waals surface area contributed by atoms with Gasteiger partial charge in [-0.2, -0.15) is 0 Å². The summed E-state index contributed by atoms with van der Waals surface area (Å²) in [5, 5.41) is 10.5. The first-order valence-corrected chi connectivity index (χ1v) is 6.69. The number of nitrogens with zero attached hydrogens (tertiary/aromatic N) is 2. The lowest BCUT2D eigenvalue weighted by atomic mass is 9.94. The van der Waals surface area contributed by atoms with Gasteiger partial charge in [-0.05, 0) is 45.0 Å². The van der Waals surface area contributed by atoms with Crippen LogP contribution in [0.25, 0.3) is 0 Å². The summed E-state index contributed by atoms with van der Waals surface area (Å²) in [6.45, 7) is 4.02. The first kappa shape index (κ1) is 12.2. The van der Waals surface area contributed by atoms with Gasteiger partial charge in [0.1, 0.15) is 11.6 Å². The highest BCUT2D eigenvalue weighted by molar-refractivity contribution is 5.51. The topological polar surface area (TPSA) is 63.0 Å². The molecule has 2 aromatic rings. The molecule has 0 aromatic carbocycles. The summed E-state index contributed by atoms with van der Waals surface area (Å²) < 4.78 is 5.03. The SMILES string of the molecule is Cc1cc(Nc2cccc(C3CCNCC3)n2)no1. The summed E-state index contributed by atoms with van der Waals surface area (Å²) >= 11 is 0. The Labute approximate surface area is 112 Å². The smallest absolute Gasteiger partial charge is 0.175 e. The maximum atomic E-state index is 5.03. The van der Waals surface area contributed by atoms with Crippen LogP contribution in [0.3, 0.4) is 0 Å². The van der Waals surface area contributed by atoms with Gasteiger partial charge in [-0.1, -0.05) is 11.2 Å². The van der Waals surface area contributed by atoms with E-state index in [4.69, 9.17) is 4.52 Å². The Hall–Kier alpha value is -1.88. The molecule has 0 bridgehead atoms. The van der Waals surface area contributed by atoms with E-state index in [0.717, 1.165) is 43.2 Å². The standard InChI is InChI=1S/C14H18N4O/c1-10-9-14(18-19-10)17-13-4-2-3-12(16-13)11-5-7-15-8-6-11/h2-4,9,11,15H,5-8H2,1H3,(H,16,17,18). The average Bonchev–Trinajstić information content (AvgIpc) is 2.85. The monoisotopic (exact) mass is 258 g/mol. The van der Waals surface area contributed by atoms with Crippen LogP contribution in [0.1, 0.15) is 30.2 Å². The van der Waals surface area contributed by atoms with Crippen LogP contribution >= 0.6 is 0 Å². The predicted molar refractivity (Wildman–Crippen MR) is 73.6 cm³/mol. The summed E-state index contributed by atoms with van der Waals surface area (Å²) in [6.07, 6.45) is 2.30. The van der Waals surface area contributed by atoms with Crippen molar-refractivity contribution in [2.24, 2.45) is 0 Å². The first-order valence-electron chi connectivity index (χ1n) is 6.69. The second-order valence-electron chi connectivity index (χ2n) is 4.92. The average molecular weight is 258 g/mol. The molecule has 1 saturated heterocycles. The molecule has 1 fully saturated rings. The van der Waals surface area contributed by atoms with Crippen molar-refractivity contribution in [3.05, 3.63) is 35.7 Å².